The Hall–Kier alpha value is -0.860. The van der Waals surface area contributed by atoms with Gasteiger partial charge in [-0.25, -0.2) is 9.78 Å². The van der Waals surface area contributed by atoms with Crippen molar-refractivity contribution < 1.29 is 9.78 Å². The van der Waals surface area contributed by atoms with E-state index in [0.29, 0.717) is 6.61 Å². The Morgan fingerprint density at radius 2 is 1.76 bits per heavy atom. The topological polar surface area (TPSA) is 18.5 Å². The largest absolute Gasteiger partial charge is 0.236 e. The van der Waals surface area contributed by atoms with Crippen LogP contribution in [-0.2, 0) is 9.78 Å². The molecule has 0 radical (unpaired) electrons. The summed E-state index contributed by atoms with van der Waals surface area (Å²) in [6, 6.07) is 10.3. The quantitative estimate of drug-likeness (QED) is 0.393. The molecule has 0 heterocycles. The van der Waals surface area contributed by atoms with Gasteiger partial charge in [0, 0.05) is 0 Å². The summed E-state index contributed by atoms with van der Waals surface area (Å²) in [6.45, 7) is 9.31. The molecule has 0 bridgehead atoms. The van der Waals surface area contributed by atoms with Crippen molar-refractivity contribution in [2.45, 2.75) is 46.6 Å². The van der Waals surface area contributed by atoms with Crippen molar-refractivity contribution in [1.29, 1.82) is 0 Å². The Morgan fingerprint density at radius 1 is 1.12 bits per heavy atom. The first-order valence-electron chi connectivity index (χ1n) is 6.45. The van der Waals surface area contributed by atoms with Crippen LogP contribution in [0.1, 0.15) is 52.2 Å². The molecule has 0 aliphatic carbocycles. The van der Waals surface area contributed by atoms with E-state index < -0.39 is 0 Å². The SMILES string of the molecule is CCCOOC(c1ccccc1)C(C)(C)CC. The smallest absolute Gasteiger partial charge is 0.123 e. The minimum atomic E-state index is -0.0137. The van der Waals surface area contributed by atoms with Crippen LogP contribution in [0.15, 0.2) is 30.3 Å². The lowest BCUT2D eigenvalue weighted by molar-refractivity contribution is -0.346. The standard InChI is InChI=1S/C15H24O2/c1-5-12-16-17-14(15(3,4)6-2)13-10-8-7-9-11-13/h7-11,14H,5-6,12H2,1-4H3. The average molecular weight is 236 g/mol. The van der Waals surface area contributed by atoms with Crippen LogP contribution in [0.5, 0.6) is 0 Å². The zero-order chi connectivity index (χ0) is 12.7. The lowest BCUT2D eigenvalue weighted by Gasteiger charge is -2.32. The first kappa shape index (κ1) is 14.2. The molecule has 96 valence electrons. The van der Waals surface area contributed by atoms with Crippen LogP contribution in [-0.4, -0.2) is 6.61 Å². The van der Waals surface area contributed by atoms with Crippen LogP contribution in [0, 0.1) is 5.41 Å². The highest BCUT2D eigenvalue weighted by atomic mass is 17.2. The molecule has 1 aromatic carbocycles. The molecule has 0 aliphatic heterocycles. The molecule has 2 nitrogen and oxygen atoms in total. The van der Waals surface area contributed by atoms with Gasteiger partial charge in [0.05, 0.1) is 6.61 Å². The second-order valence-electron chi connectivity index (χ2n) is 5.05. The third kappa shape index (κ3) is 4.14. The molecule has 0 saturated heterocycles. The predicted octanol–water partition coefficient (Wildman–Crippen LogP) is 4.52. The second-order valence-corrected chi connectivity index (χ2v) is 5.05. The highest BCUT2D eigenvalue weighted by Crippen LogP contribution is 2.39. The van der Waals surface area contributed by atoms with Crippen LogP contribution in [0.25, 0.3) is 0 Å². The molecule has 1 atom stereocenters. The van der Waals surface area contributed by atoms with Crippen molar-refractivity contribution in [3.63, 3.8) is 0 Å². The van der Waals surface area contributed by atoms with Gasteiger partial charge in [-0.1, -0.05) is 58.0 Å². The molecule has 2 heteroatoms. The van der Waals surface area contributed by atoms with Crippen LogP contribution in [0.4, 0.5) is 0 Å². The van der Waals surface area contributed by atoms with Gasteiger partial charge in [-0.15, -0.1) is 0 Å². The average Bonchev–Trinajstić information content (AvgIpc) is 2.35. The molecule has 0 saturated carbocycles. The van der Waals surface area contributed by atoms with Crippen LogP contribution < -0.4 is 0 Å². The van der Waals surface area contributed by atoms with Crippen LogP contribution >= 0.6 is 0 Å². The lowest BCUT2D eigenvalue weighted by atomic mass is 9.80. The Bertz CT molecular complexity index is 306. The van der Waals surface area contributed by atoms with E-state index >= 15 is 0 Å². The Morgan fingerprint density at radius 3 is 2.29 bits per heavy atom. The number of rotatable bonds is 7. The van der Waals surface area contributed by atoms with Gasteiger partial charge in [-0.3, -0.25) is 0 Å². The van der Waals surface area contributed by atoms with Crippen molar-refractivity contribution in [1.82, 2.24) is 0 Å². The molecule has 0 amide bonds. The summed E-state index contributed by atoms with van der Waals surface area (Å²) in [6.07, 6.45) is 2.00. The van der Waals surface area contributed by atoms with E-state index in [0.717, 1.165) is 12.8 Å². The molecular weight excluding hydrogens is 212 g/mol. The molecular formula is C15H24O2. The highest BCUT2D eigenvalue weighted by molar-refractivity contribution is 5.19. The summed E-state index contributed by atoms with van der Waals surface area (Å²) in [5.74, 6) is 0. The number of benzene rings is 1. The van der Waals surface area contributed by atoms with Gasteiger partial charge in [0.25, 0.3) is 0 Å². The van der Waals surface area contributed by atoms with E-state index in [4.69, 9.17) is 9.78 Å². The van der Waals surface area contributed by atoms with Gasteiger partial charge < -0.3 is 0 Å². The van der Waals surface area contributed by atoms with Gasteiger partial charge in [0.1, 0.15) is 6.10 Å². The fraction of sp³-hybridized carbons (Fsp3) is 0.600. The van der Waals surface area contributed by atoms with Gasteiger partial charge in [-0.05, 0) is 23.8 Å². The van der Waals surface area contributed by atoms with E-state index in [9.17, 15) is 0 Å². The van der Waals surface area contributed by atoms with E-state index in [1.165, 1.54) is 5.56 Å². The Kier molecular flexibility index (Phi) is 5.66. The highest BCUT2D eigenvalue weighted by Gasteiger charge is 2.31. The number of hydrogen-bond acceptors (Lipinski definition) is 2. The monoisotopic (exact) mass is 236 g/mol. The fourth-order valence-electron chi connectivity index (χ4n) is 1.65. The molecule has 0 fully saturated rings. The van der Waals surface area contributed by atoms with Gasteiger partial charge >= 0.3 is 0 Å². The molecule has 0 aromatic heterocycles. The Balaban J connectivity index is 2.79. The maximum Gasteiger partial charge on any atom is 0.123 e. The third-order valence-corrected chi connectivity index (χ3v) is 3.18. The summed E-state index contributed by atoms with van der Waals surface area (Å²) >= 11 is 0. The van der Waals surface area contributed by atoms with E-state index in [2.05, 4.69) is 39.8 Å². The minimum Gasteiger partial charge on any atom is -0.236 e. The molecule has 1 rings (SSSR count). The first-order chi connectivity index (χ1) is 8.11. The normalized spacial score (nSPS) is 13.6. The summed E-state index contributed by atoms with van der Waals surface area (Å²) in [5.41, 5.74) is 1.24. The van der Waals surface area contributed by atoms with Gasteiger partial charge in [-0.2, -0.15) is 0 Å². The van der Waals surface area contributed by atoms with Gasteiger partial charge in [0.15, 0.2) is 0 Å². The number of hydrogen-bond donors (Lipinski definition) is 0. The van der Waals surface area contributed by atoms with Crippen LogP contribution in [0.2, 0.25) is 0 Å². The third-order valence-electron chi connectivity index (χ3n) is 3.18. The predicted molar refractivity (Wildman–Crippen MR) is 70.6 cm³/mol. The first-order valence-corrected chi connectivity index (χ1v) is 6.45. The van der Waals surface area contributed by atoms with Crippen molar-refractivity contribution in [3.05, 3.63) is 35.9 Å². The van der Waals surface area contributed by atoms with Crippen molar-refractivity contribution in [2.24, 2.45) is 5.41 Å². The summed E-state index contributed by atoms with van der Waals surface area (Å²) in [4.78, 5) is 10.9. The molecule has 0 N–H and O–H groups in total. The molecule has 1 aromatic rings. The summed E-state index contributed by atoms with van der Waals surface area (Å²) < 4.78 is 0. The second kappa shape index (κ2) is 6.77. The summed E-state index contributed by atoms with van der Waals surface area (Å²) in [7, 11) is 0. The zero-order valence-corrected chi connectivity index (χ0v) is 11.4. The van der Waals surface area contributed by atoms with E-state index in [1.54, 1.807) is 0 Å². The van der Waals surface area contributed by atoms with Crippen molar-refractivity contribution in [3.8, 4) is 0 Å². The maximum absolute atomic E-state index is 5.62. The van der Waals surface area contributed by atoms with E-state index in [1.807, 2.05) is 18.2 Å². The van der Waals surface area contributed by atoms with Crippen LogP contribution in [0.3, 0.4) is 0 Å². The fourth-order valence-corrected chi connectivity index (χ4v) is 1.65. The summed E-state index contributed by atoms with van der Waals surface area (Å²) in [5, 5.41) is 0. The van der Waals surface area contributed by atoms with Gasteiger partial charge in [0.2, 0.25) is 0 Å². The molecule has 0 spiro atoms. The molecule has 1 unspecified atom stereocenters. The maximum atomic E-state index is 5.62. The minimum absolute atomic E-state index is 0.0137. The molecule has 17 heavy (non-hydrogen) atoms. The molecule has 0 aliphatic rings. The Labute approximate surface area is 105 Å². The van der Waals surface area contributed by atoms with Crippen molar-refractivity contribution in [2.75, 3.05) is 6.61 Å². The van der Waals surface area contributed by atoms with Crippen molar-refractivity contribution >= 4 is 0 Å². The zero-order valence-electron chi connectivity index (χ0n) is 11.4. The lowest BCUT2D eigenvalue weighted by Crippen LogP contribution is -2.24. The van der Waals surface area contributed by atoms with E-state index in [-0.39, 0.29) is 11.5 Å².